The molecule has 7 rings (SSSR count). The molecular weight excluding hydrogens is 1000 g/mol. The zero-order chi connectivity index (χ0) is 48.8. The van der Waals surface area contributed by atoms with Crippen LogP contribution in [0.1, 0.15) is 16.8 Å². The Bertz CT molecular complexity index is 2660. The third-order valence-corrected chi connectivity index (χ3v) is 10.7. The molecule has 344 valence electrons. The second kappa shape index (κ2) is 18.8. The summed E-state index contributed by atoms with van der Waals surface area (Å²) < 4.78 is 297. The van der Waals surface area contributed by atoms with Crippen LogP contribution in [-0.4, -0.2) is 11.1 Å². The molecule has 1 heterocycles. The topological polar surface area (TPSA) is 16.8 Å². The van der Waals surface area contributed by atoms with Gasteiger partial charge in [0.05, 0.1) is 18.8 Å². The van der Waals surface area contributed by atoms with Crippen LogP contribution in [0.25, 0.3) is 0 Å². The van der Waals surface area contributed by atoms with E-state index in [0.717, 1.165) is 17.4 Å². The molecule has 0 N–H and O–H groups in total. The van der Waals surface area contributed by atoms with Crippen molar-refractivity contribution in [3.05, 3.63) is 211 Å². The minimum absolute atomic E-state index is 0.870. The van der Waals surface area contributed by atoms with Crippen LogP contribution in [0.4, 0.5) is 87.8 Å². The Hall–Kier alpha value is -6.46. The predicted octanol–water partition coefficient (Wildman–Crippen LogP) is 9.62. The van der Waals surface area contributed by atoms with Crippen LogP contribution in [0.3, 0.4) is 0 Å². The first kappa shape index (κ1) is 49.0. The quantitative estimate of drug-likeness (QED) is 0.0488. The lowest BCUT2D eigenvalue weighted by Gasteiger charge is -2.44. The summed E-state index contributed by atoms with van der Waals surface area (Å²) in [6.07, 6.45) is -0.501. The molecule has 0 saturated heterocycles. The molecule has 0 spiro atoms. The Balaban J connectivity index is 0.000000284. The van der Waals surface area contributed by atoms with Gasteiger partial charge in [0.1, 0.15) is 52.7 Å². The van der Waals surface area contributed by atoms with E-state index in [2.05, 4.69) is 74.0 Å². The van der Waals surface area contributed by atoms with Crippen molar-refractivity contribution in [2.75, 3.05) is 0 Å². The zero-order valence-corrected chi connectivity index (χ0v) is 33.3. The molecule has 0 fully saturated rings. The van der Waals surface area contributed by atoms with Crippen molar-refractivity contribution in [3.8, 4) is 0 Å². The molecule has 0 unspecified atom stereocenters. The number of hydrogen-bond donors (Lipinski definition) is 0. The van der Waals surface area contributed by atoms with Gasteiger partial charge in [0, 0.05) is 10.0 Å². The SMILES string of the molecule is Brc1ccc(Cc2cncc[n+]2Cc2ccccc2)cc1.Fc1c(F)c(F)c([B-](c2c(F)c(F)c(F)c(F)c2F)(c2c(F)c(F)c(F)c(F)c2F)c2c(F)c(F)c(F)c(F)c2F)c(F)c1F. The lowest BCUT2D eigenvalue weighted by molar-refractivity contribution is -0.695. The maximum Gasteiger partial charge on any atom is 0.204 e. The molecule has 0 aliphatic rings. The highest BCUT2D eigenvalue weighted by atomic mass is 79.9. The van der Waals surface area contributed by atoms with Crippen molar-refractivity contribution in [2.45, 2.75) is 13.0 Å². The molecule has 66 heavy (non-hydrogen) atoms. The van der Waals surface area contributed by atoms with Crippen molar-refractivity contribution in [1.82, 2.24) is 4.98 Å². The van der Waals surface area contributed by atoms with Gasteiger partial charge >= 0.3 is 0 Å². The van der Waals surface area contributed by atoms with Crippen molar-refractivity contribution in [1.29, 1.82) is 0 Å². The largest absolute Gasteiger partial charge is 0.252 e. The highest BCUT2D eigenvalue weighted by Gasteiger charge is 2.52. The molecule has 1 aromatic heterocycles. The summed E-state index contributed by atoms with van der Waals surface area (Å²) >= 11 is 3.47. The molecule has 0 aliphatic heterocycles. The highest BCUT2D eigenvalue weighted by Crippen LogP contribution is 2.31. The van der Waals surface area contributed by atoms with E-state index < -0.39 is 144 Å². The molecule has 0 aliphatic carbocycles. The van der Waals surface area contributed by atoms with E-state index in [1.165, 1.54) is 16.8 Å². The van der Waals surface area contributed by atoms with Crippen molar-refractivity contribution >= 4 is 43.9 Å². The first-order valence-electron chi connectivity index (χ1n) is 17.9. The van der Waals surface area contributed by atoms with E-state index in [1.54, 1.807) is 0 Å². The first-order chi connectivity index (χ1) is 31.0. The third-order valence-electron chi connectivity index (χ3n) is 10.1. The molecule has 0 saturated carbocycles. The summed E-state index contributed by atoms with van der Waals surface area (Å²) in [7, 11) is 0. The average molecular weight is 1020 g/mol. The van der Waals surface area contributed by atoms with Crippen LogP contribution in [0.2, 0.25) is 0 Å². The standard InChI is InChI=1S/C24BF20.C18H16BrN2/c26-5-1(6(27)14(35)21(42)13(5)34)25(2-7(28)15(36)22(43)16(37)8(2)29,3-9(30)17(38)23(44)18(39)10(3)31)4-11(32)19(40)24(45)20(41)12(4)33;19-17-8-6-15(7-9-17)12-18-13-20-10-11-21(18)14-16-4-2-1-3-5-16/h;1-11,13H,12,14H2/q-1;+1. The molecule has 0 bridgehead atoms. The fourth-order valence-electron chi connectivity index (χ4n) is 7.19. The van der Waals surface area contributed by atoms with Gasteiger partial charge in [-0.1, -0.05) is 58.4 Å². The van der Waals surface area contributed by atoms with Gasteiger partial charge < -0.3 is 0 Å². The Morgan fingerprint density at radius 1 is 0.379 bits per heavy atom. The van der Waals surface area contributed by atoms with E-state index in [4.69, 9.17) is 0 Å². The number of hydrogen-bond acceptors (Lipinski definition) is 1. The molecule has 0 radical (unpaired) electrons. The Kier molecular flexibility index (Phi) is 14.0. The molecule has 0 amide bonds. The molecule has 2 nitrogen and oxygen atoms in total. The minimum atomic E-state index is -7.22. The van der Waals surface area contributed by atoms with E-state index in [-0.39, 0.29) is 0 Å². The average Bonchev–Trinajstić information content (AvgIpc) is 3.30. The van der Waals surface area contributed by atoms with Gasteiger partial charge in [-0.3, -0.25) is 4.98 Å². The number of rotatable bonds is 8. The van der Waals surface area contributed by atoms with Gasteiger partial charge in [-0.15, -0.1) is 21.9 Å². The van der Waals surface area contributed by atoms with Crippen molar-refractivity contribution < 1.29 is 92.4 Å². The normalized spacial score (nSPS) is 11.5. The van der Waals surface area contributed by atoms with Crippen LogP contribution in [0.5, 0.6) is 0 Å². The molecule has 0 atom stereocenters. The monoisotopic (exact) mass is 1020 g/mol. The van der Waals surface area contributed by atoms with Gasteiger partial charge in [0.15, 0.2) is 82.5 Å². The maximum absolute atomic E-state index is 15.4. The van der Waals surface area contributed by atoms with Gasteiger partial charge in [-0.2, -0.15) is 4.57 Å². The van der Waals surface area contributed by atoms with Crippen LogP contribution >= 0.6 is 15.9 Å². The molecule has 24 heteroatoms. The fourth-order valence-corrected chi connectivity index (χ4v) is 7.45. The molecule has 6 aromatic carbocycles. The van der Waals surface area contributed by atoms with Gasteiger partial charge in [0.25, 0.3) is 0 Å². The van der Waals surface area contributed by atoms with E-state index in [0.29, 0.717) is 0 Å². The molecular formula is C42H16BBrF20N2. The second-order valence-corrected chi connectivity index (χ2v) is 14.7. The van der Waals surface area contributed by atoms with Crippen LogP contribution in [-0.2, 0) is 13.0 Å². The maximum atomic E-state index is 15.4. The summed E-state index contributed by atoms with van der Waals surface area (Å²) in [5.41, 5.74) is -10.5. The van der Waals surface area contributed by atoms with Gasteiger partial charge in [-0.05, 0) is 17.7 Å². The van der Waals surface area contributed by atoms with Crippen LogP contribution in [0, 0.1) is 116 Å². The predicted molar refractivity (Wildman–Crippen MR) is 196 cm³/mol. The van der Waals surface area contributed by atoms with E-state index in [9.17, 15) is 52.7 Å². The Morgan fingerprint density at radius 3 is 1.00 bits per heavy atom. The van der Waals surface area contributed by atoms with Crippen LogP contribution < -0.4 is 26.4 Å². The van der Waals surface area contributed by atoms with Crippen LogP contribution in [0.15, 0.2) is 77.7 Å². The Labute approximate surface area is 364 Å². The fraction of sp³-hybridized carbons (Fsp3) is 0.0476. The summed E-state index contributed by atoms with van der Waals surface area (Å²) in [5, 5.41) is 0. The van der Waals surface area contributed by atoms with E-state index >= 15 is 35.1 Å². The van der Waals surface area contributed by atoms with Crippen molar-refractivity contribution in [3.63, 3.8) is 0 Å². The second-order valence-electron chi connectivity index (χ2n) is 13.8. The molecule has 7 aromatic rings. The number of aromatic nitrogens is 2. The lowest BCUT2D eigenvalue weighted by Crippen LogP contribution is -2.81. The smallest absolute Gasteiger partial charge is 0.204 e. The number of halogens is 21. The number of benzene rings is 6. The summed E-state index contributed by atoms with van der Waals surface area (Å²) in [6, 6.07) is 18.9. The number of nitrogens with zero attached hydrogens (tertiary/aromatic N) is 2. The zero-order valence-electron chi connectivity index (χ0n) is 31.8. The summed E-state index contributed by atoms with van der Waals surface area (Å²) in [6.45, 7) is 0.870. The van der Waals surface area contributed by atoms with Gasteiger partial charge in [0.2, 0.25) is 5.69 Å². The highest BCUT2D eigenvalue weighted by molar-refractivity contribution is 9.10. The first-order valence-corrected chi connectivity index (χ1v) is 18.6. The Morgan fingerprint density at radius 2 is 0.682 bits per heavy atom. The summed E-state index contributed by atoms with van der Waals surface area (Å²) in [5.74, 6) is -71.4. The minimum Gasteiger partial charge on any atom is -0.252 e. The van der Waals surface area contributed by atoms with Gasteiger partial charge in [-0.25, -0.2) is 87.8 Å². The third kappa shape index (κ3) is 8.12. The lowest BCUT2D eigenvalue weighted by atomic mass is 9.12. The van der Waals surface area contributed by atoms with Crippen molar-refractivity contribution in [2.24, 2.45) is 0 Å². The summed E-state index contributed by atoms with van der Waals surface area (Å²) in [4.78, 5) is 4.27. The van der Waals surface area contributed by atoms with E-state index in [1.807, 2.05) is 24.7 Å².